The van der Waals surface area contributed by atoms with Crippen molar-refractivity contribution in [2.45, 2.75) is 24.3 Å². The predicted molar refractivity (Wildman–Crippen MR) is 64.3 cm³/mol. The molecule has 0 heterocycles. The predicted octanol–water partition coefficient (Wildman–Crippen LogP) is 5.09. The molecule has 122 valence electrons. The minimum absolute atomic E-state index is 0. The molecule has 1 nitrogen and oxygen atoms in total. The van der Waals surface area contributed by atoms with Crippen molar-refractivity contribution >= 4 is 28.3 Å². The Morgan fingerprint density at radius 1 is 0.905 bits per heavy atom. The van der Waals surface area contributed by atoms with E-state index >= 15 is 0 Å². The number of benzene rings is 1. The molecule has 0 aromatic heterocycles. The minimum atomic E-state index is -5.97. The van der Waals surface area contributed by atoms with Crippen LogP contribution in [-0.4, -0.2) is 12.1 Å². The fourth-order valence-electron chi connectivity index (χ4n) is 1.34. The Morgan fingerprint density at radius 3 is 1.76 bits per heavy atom. The van der Waals surface area contributed by atoms with Gasteiger partial charge in [-0.1, -0.05) is 15.9 Å². The first-order valence-corrected chi connectivity index (χ1v) is 5.64. The van der Waals surface area contributed by atoms with Gasteiger partial charge in [0.15, 0.2) is 0 Å². The second-order valence-electron chi connectivity index (χ2n) is 3.87. The van der Waals surface area contributed by atoms with Gasteiger partial charge in [-0.15, -0.1) is 12.4 Å². The molecule has 0 saturated heterocycles. The van der Waals surface area contributed by atoms with Crippen LogP contribution < -0.4 is 5.73 Å². The Kier molecular flexibility index (Phi) is 6.07. The van der Waals surface area contributed by atoms with Crippen LogP contribution in [0.4, 0.5) is 35.1 Å². The summed E-state index contributed by atoms with van der Waals surface area (Å²) in [6.07, 6.45) is -10.9. The molecule has 1 atom stereocenters. The fraction of sp³-hybridized carbons (Fsp3) is 0.400. The summed E-state index contributed by atoms with van der Waals surface area (Å²) < 4.78 is 99.6. The Bertz CT molecular complexity index is 499. The Morgan fingerprint density at radius 2 is 1.38 bits per heavy atom. The summed E-state index contributed by atoms with van der Waals surface area (Å²) in [6, 6.07) is -1.56. The third-order valence-electron chi connectivity index (χ3n) is 2.38. The number of hydrogen-bond donors (Lipinski definition) is 1. The summed E-state index contributed by atoms with van der Waals surface area (Å²) >= 11 is 2.61. The van der Waals surface area contributed by atoms with E-state index in [1.807, 2.05) is 0 Å². The van der Waals surface area contributed by atoms with E-state index in [2.05, 4.69) is 15.9 Å². The minimum Gasteiger partial charge on any atom is -0.319 e. The topological polar surface area (TPSA) is 26.0 Å². The van der Waals surface area contributed by atoms with Crippen molar-refractivity contribution in [1.29, 1.82) is 0 Å². The molecule has 1 rings (SSSR count). The molecule has 2 N–H and O–H groups in total. The quantitative estimate of drug-likeness (QED) is 0.678. The van der Waals surface area contributed by atoms with Gasteiger partial charge in [-0.3, -0.25) is 0 Å². The highest BCUT2D eigenvalue weighted by Crippen LogP contribution is 2.44. The second kappa shape index (κ2) is 6.25. The molecule has 11 heteroatoms. The largest absolute Gasteiger partial charge is 0.455 e. The van der Waals surface area contributed by atoms with Crippen molar-refractivity contribution in [3.63, 3.8) is 0 Å². The molecule has 0 fully saturated rings. The lowest BCUT2D eigenvalue weighted by Crippen LogP contribution is -2.45. The molecular weight excluding hydrogens is 401 g/mol. The highest BCUT2D eigenvalue weighted by atomic mass is 79.9. The average molecular weight is 409 g/mol. The van der Waals surface area contributed by atoms with Gasteiger partial charge >= 0.3 is 18.3 Å². The van der Waals surface area contributed by atoms with Gasteiger partial charge in [0.05, 0.1) is 5.56 Å². The number of alkyl halides is 8. The molecule has 0 aliphatic carbocycles. The van der Waals surface area contributed by atoms with Crippen LogP contribution >= 0.6 is 28.3 Å². The van der Waals surface area contributed by atoms with Crippen LogP contribution in [-0.2, 0) is 6.18 Å². The molecule has 21 heavy (non-hydrogen) atoms. The van der Waals surface area contributed by atoms with Crippen molar-refractivity contribution in [2.75, 3.05) is 0 Å². The summed E-state index contributed by atoms with van der Waals surface area (Å²) in [7, 11) is 0. The summed E-state index contributed by atoms with van der Waals surface area (Å²) in [5.41, 5.74) is 2.42. The van der Waals surface area contributed by atoms with E-state index in [0.29, 0.717) is 12.1 Å². The van der Waals surface area contributed by atoms with Gasteiger partial charge in [-0.2, -0.15) is 35.1 Å². The lowest BCUT2D eigenvalue weighted by atomic mass is 9.99. The monoisotopic (exact) mass is 407 g/mol. The van der Waals surface area contributed by atoms with Gasteiger partial charge in [0.25, 0.3) is 0 Å². The van der Waals surface area contributed by atoms with Gasteiger partial charge in [0.2, 0.25) is 0 Å². The number of nitrogens with two attached hydrogens (primary N) is 1. The molecule has 0 amide bonds. The zero-order valence-corrected chi connectivity index (χ0v) is 12.1. The number of rotatable bonds is 2. The molecule has 0 bridgehead atoms. The van der Waals surface area contributed by atoms with E-state index in [0.717, 1.165) is 0 Å². The first-order chi connectivity index (χ1) is 8.76. The maximum atomic E-state index is 13.0. The van der Waals surface area contributed by atoms with Gasteiger partial charge in [0, 0.05) is 4.47 Å². The average Bonchev–Trinajstić information content (AvgIpc) is 2.24. The molecule has 0 aliphatic heterocycles. The number of hydrogen-bond acceptors (Lipinski definition) is 1. The molecule has 0 unspecified atom stereocenters. The second-order valence-corrected chi connectivity index (χ2v) is 4.79. The molecule has 0 spiro atoms. The van der Waals surface area contributed by atoms with Crippen LogP contribution in [0.2, 0.25) is 0 Å². The lowest BCUT2D eigenvalue weighted by molar-refractivity contribution is -0.291. The Labute approximate surface area is 128 Å². The first-order valence-electron chi connectivity index (χ1n) is 4.84. The van der Waals surface area contributed by atoms with Crippen LogP contribution in [0.1, 0.15) is 17.2 Å². The first kappa shape index (κ1) is 20.4. The van der Waals surface area contributed by atoms with Gasteiger partial charge in [-0.05, 0) is 23.8 Å². The fourth-order valence-corrected chi connectivity index (χ4v) is 1.85. The molecule has 0 radical (unpaired) electrons. The zero-order valence-electron chi connectivity index (χ0n) is 9.70. The van der Waals surface area contributed by atoms with E-state index < -0.39 is 35.4 Å². The normalized spacial score (nSPS) is 14.6. The Hall–Kier alpha value is -0.610. The summed E-state index contributed by atoms with van der Waals surface area (Å²) in [5, 5.41) is 0. The lowest BCUT2D eigenvalue weighted by Gasteiger charge is -2.26. The van der Waals surface area contributed by atoms with Crippen LogP contribution in [0.15, 0.2) is 22.7 Å². The summed E-state index contributed by atoms with van der Waals surface area (Å²) in [4.78, 5) is 0. The van der Waals surface area contributed by atoms with Gasteiger partial charge in [0.1, 0.15) is 6.04 Å². The maximum absolute atomic E-state index is 13.0. The van der Waals surface area contributed by atoms with E-state index in [1.165, 1.54) is 0 Å². The van der Waals surface area contributed by atoms with Crippen molar-refractivity contribution < 1.29 is 35.1 Å². The molecule has 1 aromatic rings. The SMILES string of the molecule is Cl.N[C@H](c1cc(Br)cc(C(F)(F)F)c1)C(F)(F)C(F)(F)F. The zero-order chi connectivity index (χ0) is 15.9. The van der Waals surface area contributed by atoms with Crippen LogP contribution in [0.5, 0.6) is 0 Å². The molecule has 1 aromatic carbocycles. The van der Waals surface area contributed by atoms with Crippen molar-refractivity contribution in [2.24, 2.45) is 5.73 Å². The van der Waals surface area contributed by atoms with Gasteiger partial charge < -0.3 is 5.73 Å². The van der Waals surface area contributed by atoms with E-state index in [-0.39, 0.29) is 22.9 Å². The highest BCUT2D eigenvalue weighted by molar-refractivity contribution is 9.10. The van der Waals surface area contributed by atoms with Crippen molar-refractivity contribution in [3.8, 4) is 0 Å². The standard InChI is InChI=1S/C10H6BrF8N.ClH/c11-6-2-4(1-5(3-6)9(14,15)16)7(20)8(12,13)10(17,18)19;/h1-3,7H,20H2;1H/t7-;/m1./s1. The summed E-state index contributed by atoms with van der Waals surface area (Å²) in [5.74, 6) is -5.35. The Balaban J connectivity index is 0.00000400. The van der Waals surface area contributed by atoms with Gasteiger partial charge in [-0.25, -0.2) is 0 Å². The molecular formula is C10H7BrClF8N. The third kappa shape index (κ3) is 4.43. The van der Waals surface area contributed by atoms with E-state index in [1.54, 1.807) is 0 Å². The van der Waals surface area contributed by atoms with Crippen molar-refractivity contribution in [3.05, 3.63) is 33.8 Å². The molecule has 0 saturated carbocycles. The van der Waals surface area contributed by atoms with Crippen molar-refractivity contribution in [1.82, 2.24) is 0 Å². The van der Waals surface area contributed by atoms with Crippen LogP contribution in [0.25, 0.3) is 0 Å². The maximum Gasteiger partial charge on any atom is 0.455 e. The summed E-state index contributed by atoms with van der Waals surface area (Å²) in [6.45, 7) is 0. The van der Waals surface area contributed by atoms with E-state index in [4.69, 9.17) is 5.73 Å². The van der Waals surface area contributed by atoms with Crippen LogP contribution in [0, 0.1) is 0 Å². The third-order valence-corrected chi connectivity index (χ3v) is 2.83. The highest BCUT2D eigenvalue weighted by Gasteiger charge is 2.61. The van der Waals surface area contributed by atoms with E-state index in [9.17, 15) is 35.1 Å². The van der Waals surface area contributed by atoms with Crippen LogP contribution in [0.3, 0.4) is 0 Å². The molecule has 0 aliphatic rings. The number of halogens is 10. The smallest absolute Gasteiger partial charge is 0.319 e.